The first-order valence-corrected chi connectivity index (χ1v) is 14.5. The first kappa shape index (κ1) is 28.2. The van der Waals surface area contributed by atoms with Crippen molar-refractivity contribution in [3.8, 4) is 5.75 Å². The van der Waals surface area contributed by atoms with E-state index >= 15 is 0 Å². The van der Waals surface area contributed by atoms with E-state index in [0.717, 1.165) is 35.6 Å². The lowest BCUT2D eigenvalue weighted by atomic mass is 9.85. The second-order valence-corrected chi connectivity index (χ2v) is 10.8. The molecule has 0 saturated heterocycles. The Morgan fingerprint density at radius 1 is 0.775 bits per heavy atom. The number of hydrogen-bond donors (Lipinski definition) is 0. The molecule has 5 rings (SSSR count). The van der Waals surface area contributed by atoms with Gasteiger partial charge >= 0.3 is 0 Å². The highest BCUT2D eigenvalue weighted by Crippen LogP contribution is 2.35. The molecule has 0 spiro atoms. The Morgan fingerprint density at radius 2 is 1.48 bits per heavy atom. The van der Waals surface area contributed by atoms with Gasteiger partial charge in [0, 0.05) is 10.9 Å². The van der Waals surface area contributed by atoms with Crippen LogP contribution in [0.4, 0.5) is 0 Å². The van der Waals surface area contributed by atoms with Crippen LogP contribution in [0, 0.1) is 5.92 Å². The highest BCUT2D eigenvalue weighted by molar-refractivity contribution is 6.31. The number of halogens is 1. The van der Waals surface area contributed by atoms with Gasteiger partial charge in [0.25, 0.3) is 0 Å². The Balaban J connectivity index is 1.31. The quantitative estimate of drug-likeness (QED) is 0.175. The number of hydrogen-bond acceptors (Lipinski definition) is 3. The topological polar surface area (TPSA) is 27.7 Å². The van der Waals surface area contributed by atoms with Gasteiger partial charge in [0.05, 0.1) is 32.5 Å². The van der Waals surface area contributed by atoms with E-state index in [1.54, 1.807) is 0 Å². The summed E-state index contributed by atoms with van der Waals surface area (Å²) < 4.78 is 18.2. The van der Waals surface area contributed by atoms with Crippen molar-refractivity contribution < 1.29 is 14.2 Å². The van der Waals surface area contributed by atoms with Crippen LogP contribution in [0.2, 0.25) is 5.02 Å². The number of ether oxygens (including phenoxy) is 3. The Hall–Kier alpha value is -3.37. The van der Waals surface area contributed by atoms with Crippen LogP contribution in [0.25, 0.3) is 5.57 Å². The van der Waals surface area contributed by atoms with Crippen molar-refractivity contribution in [2.45, 2.75) is 45.5 Å². The maximum Gasteiger partial charge on any atom is 0.119 e. The van der Waals surface area contributed by atoms with Crippen molar-refractivity contribution in [1.82, 2.24) is 0 Å². The molecule has 4 heteroatoms. The normalized spacial score (nSPS) is 16.9. The van der Waals surface area contributed by atoms with Gasteiger partial charge in [-0.05, 0) is 83.8 Å². The van der Waals surface area contributed by atoms with Crippen LogP contribution < -0.4 is 4.74 Å². The van der Waals surface area contributed by atoms with Gasteiger partial charge in [0.2, 0.25) is 0 Å². The summed E-state index contributed by atoms with van der Waals surface area (Å²) in [5, 5.41) is 0.786. The van der Waals surface area contributed by atoms with Crippen LogP contribution in [0.3, 0.4) is 0 Å². The molecule has 0 heterocycles. The van der Waals surface area contributed by atoms with Gasteiger partial charge < -0.3 is 14.2 Å². The third-order valence-electron chi connectivity index (χ3n) is 7.27. The monoisotopic (exact) mass is 552 g/mol. The molecule has 0 bridgehead atoms. The lowest BCUT2D eigenvalue weighted by Crippen LogP contribution is -2.24. The van der Waals surface area contributed by atoms with Crippen molar-refractivity contribution in [2.75, 3.05) is 13.2 Å². The van der Waals surface area contributed by atoms with Gasteiger partial charge in [0.15, 0.2) is 0 Å². The maximum atomic E-state index is 6.68. The second kappa shape index (κ2) is 14.3. The molecule has 0 fully saturated rings. The van der Waals surface area contributed by atoms with Crippen molar-refractivity contribution >= 4 is 17.2 Å². The van der Waals surface area contributed by atoms with Crippen LogP contribution in [-0.4, -0.2) is 19.3 Å². The molecule has 1 aliphatic rings. The Bertz CT molecular complexity index is 1370. The van der Waals surface area contributed by atoms with Crippen LogP contribution in [0.1, 0.15) is 47.6 Å². The summed E-state index contributed by atoms with van der Waals surface area (Å²) in [6.07, 6.45) is 5.08. The van der Waals surface area contributed by atoms with Crippen LogP contribution in [0.5, 0.6) is 5.75 Å². The van der Waals surface area contributed by atoms with Crippen LogP contribution >= 0.6 is 11.6 Å². The van der Waals surface area contributed by atoms with E-state index in [2.05, 4.69) is 78.9 Å². The first-order valence-electron chi connectivity index (χ1n) is 14.1. The molecule has 2 unspecified atom stereocenters. The van der Waals surface area contributed by atoms with Gasteiger partial charge in [-0.25, -0.2) is 0 Å². The second-order valence-electron chi connectivity index (χ2n) is 10.4. The Labute approximate surface area is 243 Å². The van der Waals surface area contributed by atoms with E-state index in [-0.39, 0.29) is 12.0 Å². The summed E-state index contributed by atoms with van der Waals surface area (Å²) in [6, 6.07) is 35.4. The molecular formula is C36H37ClO3. The fourth-order valence-electron chi connectivity index (χ4n) is 5.23. The zero-order valence-corrected chi connectivity index (χ0v) is 23.9. The molecule has 0 aliphatic heterocycles. The standard InChI is InChI=1S/C36H37ClO3/c1-2-39-34-16-13-27(14-17-34)19-33-22-31(15-18-36(33)37)32-20-30(25-38-24-28-9-5-3-6-10-28)21-35(23-32)40-26-29-11-7-4-8-12-29/h3-18,20,22,30,35H,2,19,21,23-26H2,1H3. The fourth-order valence-corrected chi connectivity index (χ4v) is 5.42. The molecule has 40 heavy (non-hydrogen) atoms. The third kappa shape index (κ3) is 8.08. The van der Waals surface area contributed by atoms with Crippen LogP contribution in [-0.2, 0) is 29.1 Å². The predicted molar refractivity (Wildman–Crippen MR) is 164 cm³/mol. The van der Waals surface area contributed by atoms with Crippen LogP contribution in [0.15, 0.2) is 109 Å². The SMILES string of the molecule is CCOc1ccc(Cc2cc(C3=CC(COCc4ccccc4)CC(OCc4ccccc4)C3)ccc2Cl)cc1. The number of benzene rings is 4. The molecule has 1 aliphatic carbocycles. The molecule has 0 amide bonds. The lowest BCUT2D eigenvalue weighted by Gasteiger charge is -2.29. The minimum absolute atomic E-state index is 0.121. The molecule has 0 saturated carbocycles. The van der Waals surface area contributed by atoms with E-state index in [9.17, 15) is 0 Å². The Kier molecular flexibility index (Phi) is 10.1. The summed E-state index contributed by atoms with van der Waals surface area (Å²) in [5.41, 5.74) is 7.20. The fraction of sp³-hybridized carbons (Fsp3) is 0.278. The van der Waals surface area contributed by atoms with E-state index in [1.807, 2.05) is 37.3 Å². The molecule has 3 nitrogen and oxygen atoms in total. The molecule has 0 aromatic heterocycles. The first-order chi connectivity index (χ1) is 19.7. The van der Waals surface area contributed by atoms with Gasteiger partial charge in [-0.2, -0.15) is 0 Å². The molecule has 206 valence electrons. The summed E-state index contributed by atoms with van der Waals surface area (Å²) in [4.78, 5) is 0. The van der Waals surface area contributed by atoms with Gasteiger partial charge in [0.1, 0.15) is 5.75 Å². The maximum absolute atomic E-state index is 6.68. The van der Waals surface area contributed by atoms with E-state index in [0.29, 0.717) is 26.4 Å². The summed E-state index contributed by atoms with van der Waals surface area (Å²) in [6.45, 7) is 4.55. The molecule has 0 N–H and O–H groups in total. The van der Waals surface area contributed by atoms with Gasteiger partial charge in [-0.1, -0.05) is 96.5 Å². The average Bonchev–Trinajstić information content (AvgIpc) is 2.99. The summed E-state index contributed by atoms with van der Waals surface area (Å²) in [7, 11) is 0. The zero-order chi connectivity index (χ0) is 27.6. The highest BCUT2D eigenvalue weighted by Gasteiger charge is 2.25. The smallest absolute Gasteiger partial charge is 0.119 e. The largest absolute Gasteiger partial charge is 0.494 e. The van der Waals surface area contributed by atoms with Crippen molar-refractivity contribution in [2.24, 2.45) is 5.92 Å². The lowest BCUT2D eigenvalue weighted by molar-refractivity contribution is 0.0130. The molecule has 4 aromatic carbocycles. The third-order valence-corrected chi connectivity index (χ3v) is 7.64. The molecule has 0 radical (unpaired) electrons. The Morgan fingerprint density at radius 3 is 2.17 bits per heavy atom. The molecule has 2 atom stereocenters. The van der Waals surface area contributed by atoms with Gasteiger partial charge in [-0.15, -0.1) is 0 Å². The molecular weight excluding hydrogens is 516 g/mol. The average molecular weight is 553 g/mol. The zero-order valence-electron chi connectivity index (χ0n) is 23.1. The summed E-state index contributed by atoms with van der Waals surface area (Å²) in [5.74, 6) is 1.17. The van der Waals surface area contributed by atoms with Crippen molar-refractivity contribution in [3.05, 3.63) is 142 Å². The highest BCUT2D eigenvalue weighted by atomic mass is 35.5. The molecule has 4 aromatic rings. The van der Waals surface area contributed by atoms with E-state index < -0.39 is 0 Å². The van der Waals surface area contributed by atoms with E-state index in [1.165, 1.54) is 27.8 Å². The van der Waals surface area contributed by atoms with Crippen molar-refractivity contribution in [1.29, 1.82) is 0 Å². The minimum atomic E-state index is 0.121. The van der Waals surface area contributed by atoms with E-state index in [4.69, 9.17) is 25.8 Å². The number of rotatable bonds is 12. The predicted octanol–water partition coefficient (Wildman–Crippen LogP) is 8.93. The van der Waals surface area contributed by atoms with Gasteiger partial charge in [-0.3, -0.25) is 0 Å². The summed E-state index contributed by atoms with van der Waals surface area (Å²) >= 11 is 6.68. The van der Waals surface area contributed by atoms with Crippen molar-refractivity contribution in [3.63, 3.8) is 0 Å². The minimum Gasteiger partial charge on any atom is -0.494 e.